The first-order valence-corrected chi connectivity index (χ1v) is 9.54. The van der Waals surface area contributed by atoms with Crippen molar-refractivity contribution in [2.45, 2.75) is 47.2 Å². The van der Waals surface area contributed by atoms with E-state index in [1.54, 1.807) is 13.8 Å². The van der Waals surface area contributed by atoms with Gasteiger partial charge in [-0.1, -0.05) is 42.5 Å². The summed E-state index contributed by atoms with van der Waals surface area (Å²) < 4.78 is 11.0. The fraction of sp³-hybridized carbons (Fsp3) is 0.391. The quantitative estimate of drug-likeness (QED) is 0.647. The molecule has 0 heterocycles. The minimum atomic E-state index is -0.698. The van der Waals surface area contributed by atoms with Crippen LogP contribution in [0.15, 0.2) is 42.5 Å². The van der Waals surface area contributed by atoms with Crippen molar-refractivity contribution in [2.24, 2.45) is 0 Å². The maximum absolute atomic E-state index is 13.0. The topological polar surface area (TPSA) is 55.8 Å². The molecule has 0 radical (unpaired) electrons. The van der Waals surface area contributed by atoms with Crippen molar-refractivity contribution in [3.05, 3.63) is 64.7 Å². The molecule has 2 rings (SSSR count). The summed E-state index contributed by atoms with van der Waals surface area (Å²) in [5, 5.41) is 0. The Morgan fingerprint density at radius 3 is 2.29 bits per heavy atom. The molecule has 1 amide bonds. The molecule has 5 nitrogen and oxygen atoms in total. The van der Waals surface area contributed by atoms with Crippen molar-refractivity contribution < 1.29 is 19.1 Å². The van der Waals surface area contributed by atoms with Crippen LogP contribution in [0.2, 0.25) is 0 Å². The van der Waals surface area contributed by atoms with E-state index in [1.807, 2.05) is 63.2 Å². The monoisotopic (exact) mass is 383 g/mol. The number of aryl methyl sites for hydroxylation is 2. The third-order valence-electron chi connectivity index (χ3n) is 4.82. The van der Waals surface area contributed by atoms with Gasteiger partial charge < -0.3 is 14.4 Å². The number of hydrogen-bond donors (Lipinski definition) is 0. The summed E-state index contributed by atoms with van der Waals surface area (Å²) in [5.74, 6) is 0.0382. The lowest BCUT2D eigenvalue weighted by Gasteiger charge is -2.28. The Hall–Kier alpha value is -2.82. The number of rotatable bonds is 8. The Balaban J connectivity index is 2.18. The van der Waals surface area contributed by atoms with Gasteiger partial charge in [0.1, 0.15) is 11.8 Å². The normalized spacial score (nSPS) is 11.6. The molecular formula is C23H29NO4. The van der Waals surface area contributed by atoms with Gasteiger partial charge in [-0.3, -0.25) is 4.79 Å². The van der Waals surface area contributed by atoms with Gasteiger partial charge in [0, 0.05) is 6.54 Å². The van der Waals surface area contributed by atoms with Crippen LogP contribution in [-0.2, 0) is 20.9 Å². The molecule has 150 valence electrons. The SMILES string of the molecule is CCOC(=O)C(C)N(Cc1ccccc1)C(=O)COc1c(C)ccc(C)c1C. The Labute approximate surface area is 167 Å². The van der Waals surface area contributed by atoms with Crippen LogP contribution in [0, 0.1) is 20.8 Å². The second-order valence-electron chi connectivity index (χ2n) is 6.88. The van der Waals surface area contributed by atoms with Gasteiger partial charge in [-0.25, -0.2) is 4.79 Å². The van der Waals surface area contributed by atoms with Gasteiger partial charge in [-0.05, 0) is 56.9 Å². The van der Waals surface area contributed by atoms with E-state index < -0.39 is 12.0 Å². The number of carbonyl (C=O) groups is 2. The van der Waals surface area contributed by atoms with Gasteiger partial charge in [0.2, 0.25) is 0 Å². The smallest absolute Gasteiger partial charge is 0.328 e. The first kappa shape index (κ1) is 21.5. The summed E-state index contributed by atoms with van der Waals surface area (Å²) in [5.41, 5.74) is 4.04. The largest absolute Gasteiger partial charge is 0.483 e. The van der Waals surface area contributed by atoms with E-state index in [0.717, 1.165) is 28.0 Å². The molecule has 0 saturated heterocycles. The summed E-state index contributed by atoms with van der Waals surface area (Å²) in [4.78, 5) is 26.7. The summed E-state index contributed by atoms with van der Waals surface area (Å²) in [6, 6.07) is 12.9. The highest BCUT2D eigenvalue weighted by Crippen LogP contribution is 2.26. The van der Waals surface area contributed by atoms with Crippen molar-refractivity contribution in [3.63, 3.8) is 0 Å². The van der Waals surface area contributed by atoms with Gasteiger partial charge in [0.05, 0.1) is 6.61 Å². The minimum absolute atomic E-state index is 0.137. The molecule has 2 aromatic carbocycles. The first-order chi connectivity index (χ1) is 13.3. The number of benzene rings is 2. The minimum Gasteiger partial charge on any atom is -0.483 e. The van der Waals surface area contributed by atoms with Crippen LogP contribution in [-0.4, -0.2) is 36.0 Å². The van der Waals surface area contributed by atoms with Crippen LogP contribution in [0.25, 0.3) is 0 Å². The van der Waals surface area contributed by atoms with Crippen LogP contribution >= 0.6 is 0 Å². The van der Waals surface area contributed by atoms with E-state index in [4.69, 9.17) is 9.47 Å². The van der Waals surface area contributed by atoms with E-state index in [1.165, 1.54) is 4.90 Å². The molecule has 0 aliphatic carbocycles. The van der Waals surface area contributed by atoms with Crippen molar-refractivity contribution >= 4 is 11.9 Å². The van der Waals surface area contributed by atoms with Gasteiger partial charge >= 0.3 is 5.97 Å². The summed E-state index contributed by atoms with van der Waals surface area (Å²) in [7, 11) is 0. The molecule has 2 aromatic rings. The zero-order valence-corrected chi connectivity index (χ0v) is 17.3. The summed E-state index contributed by atoms with van der Waals surface area (Å²) in [6.07, 6.45) is 0. The molecule has 0 aliphatic rings. The predicted molar refractivity (Wildman–Crippen MR) is 109 cm³/mol. The lowest BCUT2D eigenvalue weighted by atomic mass is 10.1. The van der Waals surface area contributed by atoms with E-state index >= 15 is 0 Å². The molecule has 0 aliphatic heterocycles. The molecule has 0 bridgehead atoms. The Morgan fingerprint density at radius 2 is 1.64 bits per heavy atom. The van der Waals surface area contributed by atoms with Crippen LogP contribution in [0.4, 0.5) is 0 Å². The van der Waals surface area contributed by atoms with Crippen LogP contribution in [0.5, 0.6) is 5.75 Å². The van der Waals surface area contributed by atoms with Gasteiger partial charge in [0.15, 0.2) is 6.61 Å². The number of amides is 1. The lowest BCUT2D eigenvalue weighted by molar-refractivity contribution is -0.155. The Bertz CT molecular complexity index is 817. The highest BCUT2D eigenvalue weighted by molar-refractivity contribution is 5.85. The van der Waals surface area contributed by atoms with Crippen molar-refractivity contribution in [1.29, 1.82) is 0 Å². The third-order valence-corrected chi connectivity index (χ3v) is 4.82. The second-order valence-corrected chi connectivity index (χ2v) is 6.88. The summed E-state index contributed by atoms with van der Waals surface area (Å²) in [6.45, 7) is 9.82. The van der Waals surface area contributed by atoms with Gasteiger partial charge in [0.25, 0.3) is 5.91 Å². The second kappa shape index (κ2) is 9.93. The fourth-order valence-corrected chi connectivity index (χ4v) is 2.98. The summed E-state index contributed by atoms with van der Waals surface area (Å²) >= 11 is 0. The number of nitrogens with zero attached hydrogens (tertiary/aromatic N) is 1. The molecule has 0 N–H and O–H groups in total. The molecule has 1 atom stereocenters. The lowest BCUT2D eigenvalue weighted by Crippen LogP contribution is -2.45. The molecule has 0 saturated carbocycles. The average molecular weight is 383 g/mol. The number of carbonyl (C=O) groups excluding carboxylic acids is 2. The van der Waals surface area contributed by atoms with Crippen molar-refractivity contribution in [3.8, 4) is 5.75 Å². The molecule has 0 spiro atoms. The fourth-order valence-electron chi connectivity index (χ4n) is 2.98. The molecule has 5 heteroatoms. The van der Waals surface area contributed by atoms with Crippen LogP contribution in [0.1, 0.15) is 36.1 Å². The van der Waals surface area contributed by atoms with E-state index in [9.17, 15) is 9.59 Å². The Morgan fingerprint density at radius 1 is 1.00 bits per heavy atom. The van der Waals surface area contributed by atoms with E-state index in [2.05, 4.69) is 0 Å². The molecular weight excluding hydrogens is 354 g/mol. The molecule has 1 unspecified atom stereocenters. The third kappa shape index (κ3) is 5.35. The zero-order chi connectivity index (χ0) is 20.7. The highest BCUT2D eigenvalue weighted by atomic mass is 16.5. The molecule has 28 heavy (non-hydrogen) atoms. The van der Waals surface area contributed by atoms with Crippen molar-refractivity contribution in [2.75, 3.05) is 13.2 Å². The van der Waals surface area contributed by atoms with Gasteiger partial charge in [-0.2, -0.15) is 0 Å². The maximum Gasteiger partial charge on any atom is 0.328 e. The number of ether oxygens (including phenoxy) is 2. The molecule has 0 aromatic heterocycles. The Kier molecular flexibility index (Phi) is 7.61. The van der Waals surface area contributed by atoms with Crippen LogP contribution < -0.4 is 4.74 Å². The first-order valence-electron chi connectivity index (χ1n) is 9.54. The van der Waals surface area contributed by atoms with Gasteiger partial charge in [-0.15, -0.1) is 0 Å². The maximum atomic E-state index is 13.0. The zero-order valence-electron chi connectivity index (χ0n) is 17.3. The standard InChI is InChI=1S/C23H29NO4/c1-6-27-23(26)19(5)24(14-20-10-8-7-9-11-20)21(25)15-28-22-17(3)13-12-16(2)18(22)4/h7-13,19H,6,14-15H2,1-5H3. The predicted octanol–water partition coefficient (Wildman–Crippen LogP) is 3.97. The number of esters is 1. The van der Waals surface area contributed by atoms with Crippen molar-refractivity contribution in [1.82, 2.24) is 4.90 Å². The molecule has 0 fully saturated rings. The van der Waals surface area contributed by atoms with E-state index in [0.29, 0.717) is 6.54 Å². The highest BCUT2D eigenvalue weighted by Gasteiger charge is 2.27. The average Bonchev–Trinajstić information content (AvgIpc) is 2.69. The van der Waals surface area contributed by atoms with E-state index in [-0.39, 0.29) is 19.1 Å². The number of hydrogen-bond acceptors (Lipinski definition) is 4. The van der Waals surface area contributed by atoms with Crippen LogP contribution in [0.3, 0.4) is 0 Å².